The summed E-state index contributed by atoms with van der Waals surface area (Å²) in [6.07, 6.45) is 2.77. The van der Waals surface area contributed by atoms with Gasteiger partial charge in [-0.15, -0.1) is 0 Å². The lowest BCUT2D eigenvalue weighted by Crippen LogP contribution is -2.78. The molecule has 0 unspecified atom stereocenters. The number of hydrogen-bond donors (Lipinski definition) is 2. The molecule has 3 nitrogen and oxygen atoms in total. The smallest absolute Gasteiger partial charge is 0.112 e. The molecule has 0 saturated carbocycles. The minimum absolute atomic E-state index is 0.945. The van der Waals surface area contributed by atoms with Gasteiger partial charge in [-0.05, 0) is 18.7 Å². The summed E-state index contributed by atoms with van der Waals surface area (Å²) in [5.74, 6) is 1.05. The largest absolute Gasteiger partial charge is 0.342 e. The van der Waals surface area contributed by atoms with Crippen LogP contribution in [0.1, 0.15) is 5.82 Å². The highest BCUT2D eigenvalue weighted by Gasteiger charge is 2.01. The van der Waals surface area contributed by atoms with Gasteiger partial charge in [-0.3, -0.25) is 0 Å². The van der Waals surface area contributed by atoms with Crippen LogP contribution >= 0.6 is 0 Å². The van der Waals surface area contributed by atoms with Gasteiger partial charge in [-0.2, -0.15) is 0 Å². The van der Waals surface area contributed by atoms with Gasteiger partial charge in [0.1, 0.15) is 5.82 Å². The van der Waals surface area contributed by atoms with Crippen LogP contribution in [-0.4, -0.2) is 16.5 Å². The van der Waals surface area contributed by atoms with Gasteiger partial charge < -0.3 is 10.3 Å². The number of imidazole rings is 1. The molecule has 3 N–H and O–H groups in total. The van der Waals surface area contributed by atoms with Crippen molar-refractivity contribution in [3.8, 4) is 0 Å². The van der Waals surface area contributed by atoms with Crippen molar-refractivity contribution in [2.45, 2.75) is 6.42 Å². The molecule has 1 aromatic heterocycles. The van der Waals surface area contributed by atoms with E-state index in [1.165, 1.54) is 0 Å². The number of nitrogens with one attached hydrogen (secondary N) is 1. The number of para-hydroxylation sites is 2. The fourth-order valence-corrected chi connectivity index (χ4v) is 1.46. The molecule has 0 fully saturated rings. The lowest BCUT2D eigenvalue weighted by molar-refractivity contribution is -0.586. The van der Waals surface area contributed by atoms with Crippen molar-refractivity contribution in [1.29, 1.82) is 0 Å². The second-order valence-electron chi connectivity index (χ2n) is 3.21. The standard InChI is InChI=1S/C11H13N3/c1-2-12-8-7-11-13-9-5-3-4-6-10(9)14-11/h2-6,12H,1,7-8H2,(H,13,14)/p+1. The molecule has 0 radical (unpaired) electrons. The zero-order valence-electron chi connectivity index (χ0n) is 8.03. The molecule has 0 aliphatic rings. The lowest BCUT2D eigenvalue weighted by atomic mass is 10.3. The Balaban J connectivity index is 2.14. The number of rotatable bonds is 4. The van der Waals surface area contributed by atoms with Crippen LogP contribution in [0.15, 0.2) is 37.0 Å². The van der Waals surface area contributed by atoms with Crippen molar-refractivity contribution >= 4 is 11.0 Å². The van der Waals surface area contributed by atoms with Gasteiger partial charge in [0, 0.05) is 0 Å². The zero-order chi connectivity index (χ0) is 9.80. The topological polar surface area (TPSA) is 45.3 Å². The van der Waals surface area contributed by atoms with Crippen molar-refractivity contribution in [1.82, 2.24) is 9.97 Å². The number of H-pyrrole nitrogens is 1. The highest BCUT2D eigenvalue weighted by Crippen LogP contribution is 2.09. The second kappa shape index (κ2) is 4.07. The van der Waals surface area contributed by atoms with E-state index in [-0.39, 0.29) is 0 Å². The van der Waals surface area contributed by atoms with Crippen LogP contribution in [0, 0.1) is 0 Å². The Morgan fingerprint density at radius 2 is 2.29 bits per heavy atom. The minimum Gasteiger partial charge on any atom is -0.342 e. The number of fused-ring (bicyclic) bond motifs is 1. The molecule has 0 bridgehead atoms. The van der Waals surface area contributed by atoms with E-state index in [0.717, 1.165) is 29.8 Å². The van der Waals surface area contributed by atoms with Crippen LogP contribution in [-0.2, 0) is 6.42 Å². The van der Waals surface area contributed by atoms with Gasteiger partial charge in [-0.25, -0.2) is 4.98 Å². The molecule has 0 spiro atoms. The molecule has 1 heterocycles. The maximum absolute atomic E-state index is 4.47. The van der Waals surface area contributed by atoms with Crippen molar-refractivity contribution in [2.24, 2.45) is 0 Å². The quantitative estimate of drug-likeness (QED) is 0.685. The molecule has 0 saturated heterocycles. The molecular weight excluding hydrogens is 174 g/mol. The Morgan fingerprint density at radius 1 is 1.43 bits per heavy atom. The summed E-state index contributed by atoms with van der Waals surface area (Å²) in [4.78, 5) is 7.76. The third-order valence-electron chi connectivity index (χ3n) is 2.15. The van der Waals surface area contributed by atoms with E-state index in [4.69, 9.17) is 0 Å². The van der Waals surface area contributed by atoms with Crippen molar-refractivity contribution in [3.63, 3.8) is 0 Å². The molecule has 14 heavy (non-hydrogen) atoms. The summed E-state index contributed by atoms with van der Waals surface area (Å²) in [6, 6.07) is 8.08. The van der Waals surface area contributed by atoms with Crippen molar-refractivity contribution < 1.29 is 5.32 Å². The molecule has 2 rings (SSSR count). The Morgan fingerprint density at radius 3 is 3.07 bits per heavy atom. The Kier molecular flexibility index (Phi) is 2.60. The van der Waals surface area contributed by atoms with E-state index in [0.29, 0.717) is 0 Å². The van der Waals surface area contributed by atoms with Crippen LogP contribution in [0.5, 0.6) is 0 Å². The van der Waals surface area contributed by atoms with Crippen LogP contribution in [0.3, 0.4) is 0 Å². The van der Waals surface area contributed by atoms with Crippen LogP contribution in [0.2, 0.25) is 0 Å². The molecule has 1 aromatic carbocycles. The number of nitrogens with zero attached hydrogens (tertiary/aromatic N) is 1. The number of aromatic amines is 1. The summed E-state index contributed by atoms with van der Waals surface area (Å²) in [5.41, 5.74) is 2.15. The van der Waals surface area contributed by atoms with E-state index < -0.39 is 0 Å². The average molecular weight is 188 g/mol. The third kappa shape index (κ3) is 1.83. The first-order valence-electron chi connectivity index (χ1n) is 4.78. The predicted molar refractivity (Wildman–Crippen MR) is 56.8 cm³/mol. The first kappa shape index (κ1) is 8.97. The van der Waals surface area contributed by atoms with Crippen LogP contribution < -0.4 is 5.32 Å². The van der Waals surface area contributed by atoms with E-state index in [1.807, 2.05) is 35.8 Å². The molecule has 0 atom stereocenters. The van der Waals surface area contributed by atoms with Crippen molar-refractivity contribution in [3.05, 3.63) is 42.9 Å². The van der Waals surface area contributed by atoms with Crippen LogP contribution in [0.25, 0.3) is 11.0 Å². The van der Waals surface area contributed by atoms with Gasteiger partial charge in [-0.1, -0.05) is 12.1 Å². The van der Waals surface area contributed by atoms with Gasteiger partial charge in [0.05, 0.1) is 30.2 Å². The lowest BCUT2D eigenvalue weighted by Gasteiger charge is -1.91. The van der Waals surface area contributed by atoms with Gasteiger partial charge in [0.2, 0.25) is 0 Å². The average Bonchev–Trinajstić information content (AvgIpc) is 2.60. The molecule has 0 amide bonds. The highest BCUT2D eigenvalue weighted by molar-refractivity contribution is 5.74. The normalized spacial score (nSPS) is 10.6. The summed E-state index contributed by atoms with van der Waals surface area (Å²) in [7, 11) is 0. The number of benzene rings is 1. The monoisotopic (exact) mass is 188 g/mol. The number of aromatic nitrogens is 2. The number of nitrogens with two attached hydrogens (primary N) is 1. The molecule has 3 heteroatoms. The van der Waals surface area contributed by atoms with E-state index >= 15 is 0 Å². The minimum atomic E-state index is 0.945. The summed E-state index contributed by atoms with van der Waals surface area (Å²) in [6.45, 7) is 4.64. The van der Waals surface area contributed by atoms with E-state index in [1.54, 1.807) is 0 Å². The fourth-order valence-electron chi connectivity index (χ4n) is 1.46. The maximum Gasteiger partial charge on any atom is 0.112 e. The van der Waals surface area contributed by atoms with Gasteiger partial charge in [0.25, 0.3) is 0 Å². The first-order valence-corrected chi connectivity index (χ1v) is 4.78. The summed E-state index contributed by atoms with van der Waals surface area (Å²) < 4.78 is 0. The molecule has 0 aliphatic heterocycles. The molecule has 72 valence electrons. The fraction of sp³-hybridized carbons (Fsp3) is 0.182. The van der Waals surface area contributed by atoms with E-state index in [9.17, 15) is 0 Å². The Hall–Kier alpha value is -1.61. The van der Waals surface area contributed by atoms with Crippen molar-refractivity contribution in [2.75, 3.05) is 6.54 Å². The Labute approximate surface area is 82.9 Å². The zero-order valence-corrected chi connectivity index (χ0v) is 8.03. The predicted octanol–water partition coefficient (Wildman–Crippen LogP) is 0.812. The number of quaternary nitrogens is 1. The molecule has 2 aromatic rings. The number of hydrogen-bond acceptors (Lipinski definition) is 1. The second-order valence-corrected chi connectivity index (χ2v) is 3.21. The summed E-state index contributed by atoms with van der Waals surface area (Å²) >= 11 is 0. The van der Waals surface area contributed by atoms with Gasteiger partial charge >= 0.3 is 0 Å². The van der Waals surface area contributed by atoms with Crippen LogP contribution in [0.4, 0.5) is 0 Å². The van der Waals surface area contributed by atoms with Gasteiger partial charge in [0.15, 0.2) is 0 Å². The Bertz CT molecular complexity index is 398. The SMILES string of the molecule is C=C[NH2+]CCc1nc2ccccc2[nH]1. The third-order valence-corrected chi connectivity index (χ3v) is 2.15. The van der Waals surface area contributed by atoms with E-state index in [2.05, 4.69) is 16.5 Å². The molecular formula is C11H14N3+. The highest BCUT2D eigenvalue weighted by atomic mass is 14.9. The molecule has 0 aliphatic carbocycles. The first-order chi connectivity index (χ1) is 6.90. The maximum atomic E-state index is 4.47. The summed E-state index contributed by atoms with van der Waals surface area (Å²) in [5, 5.41) is 2.05.